The number of rotatable bonds is 7. The zero-order valence-electron chi connectivity index (χ0n) is 18.1. The summed E-state index contributed by atoms with van der Waals surface area (Å²) in [6.45, 7) is 5.19. The smallest absolute Gasteiger partial charge is 0.237 e. The second kappa shape index (κ2) is 9.59. The molecular formula is C24H30BrN3O3. The van der Waals surface area contributed by atoms with Crippen LogP contribution in [-0.2, 0) is 4.79 Å². The summed E-state index contributed by atoms with van der Waals surface area (Å²) in [4.78, 5) is 17.1. The van der Waals surface area contributed by atoms with Crippen LogP contribution >= 0.6 is 15.9 Å². The monoisotopic (exact) mass is 487 g/mol. The number of hydrogen-bond donors (Lipinski definition) is 2. The van der Waals surface area contributed by atoms with Crippen LogP contribution < -0.4 is 10.1 Å². The van der Waals surface area contributed by atoms with Gasteiger partial charge in [0, 0.05) is 42.3 Å². The maximum absolute atomic E-state index is 12.5. The molecule has 4 rings (SSSR count). The average molecular weight is 488 g/mol. The lowest BCUT2D eigenvalue weighted by molar-refractivity contribution is -0.126. The first-order valence-corrected chi connectivity index (χ1v) is 11.7. The van der Waals surface area contributed by atoms with Gasteiger partial charge in [-0.2, -0.15) is 0 Å². The molecule has 1 heterocycles. The van der Waals surface area contributed by atoms with Crippen LogP contribution in [0.3, 0.4) is 0 Å². The van der Waals surface area contributed by atoms with Gasteiger partial charge in [0.2, 0.25) is 5.91 Å². The highest BCUT2D eigenvalue weighted by Gasteiger charge is 2.33. The van der Waals surface area contributed by atoms with Crippen LogP contribution in [0.5, 0.6) is 11.5 Å². The normalized spacial score (nSPS) is 19.6. The van der Waals surface area contributed by atoms with E-state index in [4.69, 9.17) is 4.74 Å². The number of nitrogens with zero attached hydrogens (tertiary/aromatic N) is 2. The van der Waals surface area contributed by atoms with Gasteiger partial charge in [0.15, 0.2) is 11.5 Å². The average Bonchev–Trinajstić information content (AvgIpc) is 3.60. The van der Waals surface area contributed by atoms with Gasteiger partial charge in [-0.05, 0) is 37.5 Å². The van der Waals surface area contributed by atoms with Crippen molar-refractivity contribution >= 4 is 21.8 Å². The van der Waals surface area contributed by atoms with Gasteiger partial charge in [-0.3, -0.25) is 14.6 Å². The van der Waals surface area contributed by atoms with Gasteiger partial charge in [0.05, 0.1) is 19.2 Å². The van der Waals surface area contributed by atoms with Crippen molar-refractivity contribution in [1.29, 1.82) is 0 Å². The van der Waals surface area contributed by atoms with E-state index < -0.39 is 0 Å². The number of methoxy groups -OCH3 is 1. The second-order valence-electron chi connectivity index (χ2n) is 8.39. The highest BCUT2D eigenvalue weighted by Crippen LogP contribution is 2.42. The van der Waals surface area contributed by atoms with Crippen LogP contribution in [0.15, 0.2) is 46.9 Å². The third kappa shape index (κ3) is 5.05. The lowest BCUT2D eigenvalue weighted by Gasteiger charge is -2.41. The summed E-state index contributed by atoms with van der Waals surface area (Å²) >= 11 is 3.56. The molecule has 0 radical (unpaired) electrons. The van der Waals surface area contributed by atoms with E-state index in [2.05, 4.69) is 43.2 Å². The predicted octanol–water partition coefficient (Wildman–Crippen LogP) is 3.54. The molecule has 7 heteroatoms. The molecule has 1 aliphatic heterocycles. The van der Waals surface area contributed by atoms with E-state index in [9.17, 15) is 9.90 Å². The Morgan fingerprint density at radius 2 is 1.77 bits per heavy atom. The molecule has 1 saturated heterocycles. The number of amides is 1. The van der Waals surface area contributed by atoms with Crippen LogP contribution in [0.4, 0.5) is 0 Å². The lowest BCUT2D eigenvalue weighted by Crippen LogP contribution is -2.54. The molecule has 2 aromatic rings. The van der Waals surface area contributed by atoms with Crippen molar-refractivity contribution in [2.45, 2.75) is 37.9 Å². The first kappa shape index (κ1) is 22.1. The molecule has 0 unspecified atom stereocenters. The zero-order valence-corrected chi connectivity index (χ0v) is 19.6. The highest BCUT2D eigenvalue weighted by atomic mass is 79.9. The maximum atomic E-state index is 12.5. The number of phenolic OH excluding ortho intramolecular Hbond substituents is 1. The van der Waals surface area contributed by atoms with E-state index in [0.717, 1.165) is 54.6 Å². The Kier molecular flexibility index (Phi) is 6.84. The highest BCUT2D eigenvalue weighted by molar-refractivity contribution is 9.10. The zero-order chi connectivity index (χ0) is 22.0. The SMILES string of the molecule is COc1cc(Br)cc([C@@H](c2ccccc2)N2CCN([C@H](C)C(=O)NC3CC3)CC2)c1O. The van der Waals surface area contributed by atoms with Crippen molar-refractivity contribution in [3.8, 4) is 11.5 Å². The summed E-state index contributed by atoms with van der Waals surface area (Å²) in [6, 6.07) is 14.1. The number of ether oxygens (including phenoxy) is 1. The minimum atomic E-state index is -0.128. The van der Waals surface area contributed by atoms with Crippen molar-refractivity contribution in [2.75, 3.05) is 33.3 Å². The molecule has 1 saturated carbocycles. The molecular weight excluding hydrogens is 458 g/mol. The largest absolute Gasteiger partial charge is 0.504 e. The molecule has 2 atom stereocenters. The van der Waals surface area contributed by atoms with Crippen LogP contribution in [-0.4, -0.2) is 66.2 Å². The molecule has 31 heavy (non-hydrogen) atoms. The Morgan fingerprint density at radius 1 is 1.13 bits per heavy atom. The summed E-state index contributed by atoms with van der Waals surface area (Å²) in [5.74, 6) is 0.749. The van der Waals surface area contributed by atoms with E-state index in [1.54, 1.807) is 13.2 Å². The number of carbonyl (C=O) groups excluding carboxylic acids is 1. The molecule has 166 valence electrons. The first-order valence-electron chi connectivity index (χ1n) is 10.9. The Labute approximate surface area is 192 Å². The van der Waals surface area contributed by atoms with E-state index in [0.29, 0.717) is 11.8 Å². The summed E-state index contributed by atoms with van der Waals surface area (Å²) in [5, 5.41) is 14.1. The van der Waals surface area contributed by atoms with Gasteiger partial charge in [-0.1, -0.05) is 46.3 Å². The van der Waals surface area contributed by atoms with Crippen LogP contribution in [0.1, 0.15) is 36.9 Å². The third-order valence-electron chi connectivity index (χ3n) is 6.26. The van der Waals surface area contributed by atoms with Gasteiger partial charge < -0.3 is 15.2 Å². The molecule has 1 aliphatic carbocycles. The van der Waals surface area contributed by atoms with Crippen molar-refractivity contribution in [3.05, 3.63) is 58.1 Å². The third-order valence-corrected chi connectivity index (χ3v) is 6.72. The Balaban J connectivity index is 1.55. The first-order chi connectivity index (χ1) is 15.0. The molecule has 0 spiro atoms. The van der Waals surface area contributed by atoms with E-state index >= 15 is 0 Å². The molecule has 0 bridgehead atoms. The van der Waals surface area contributed by atoms with Crippen molar-refractivity contribution in [2.24, 2.45) is 0 Å². The number of aromatic hydroxyl groups is 1. The maximum Gasteiger partial charge on any atom is 0.237 e. The molecule has 1 amide bonds. The molecule has 2 aromatic carbocycles. The number of nitrogens with one attached hydrogen (secondary N) is 1. The lowest BCUT2D eigenvalue weighted by atomic mass is 9.95. The van der Waals surface area contributed by atoms with Crippen molar-refractivity contribution in [1.82, 2.24) is 15.1 Å². The molecule has 2 fully saturated rings. The molecule has 2 aliphatic rings. The van der Waals surface area contributed by atoms with Crippen LogP contribution in [0, 0.1) is 0 Å². The fourth-order valence-corrected chi connectivity index (χ4v) is 4.73. The van der Waals surface area contributed by atoms with Gasteiger partial charge in [0.25, 0.3) is 0 Å². The van der Waals surface area contributed by atoms with Crippen LogP contribution in [0.2, 0.25) is 0 Å². The predicted molar refractivity (Wildman–Crippen MR) is 124 cm³/mol. The molecule has 6 nitrogen and oxygen atoms in total. The summed E-state index contributed by atoms with van der Waals surface area (Å²) in [7, 11) is 1.57. The number of halogens is 1. The number of phenols is 1. The number of carbonyl (C=O) groups is 1. The topological polar surface area (TPSA) is 65.0 Å². The van der Waals surface area contributed by atoms with E-state index in [-0.39, 0.29) is 23.7 Å². The fraction of sp³-hybridized carbons (Fsp3) is 0.458. The summed E-state index contributed by atoms with van der Waals surface area (Å²) in [6.07, 6.45) is 2.20. The minimum Gasteiger partial charge on any atom is -0.504 e. The Hall–Kier alpha value is -2.09. The van der Waals surface area contributed by atoms with Gasteiger partial charge in [-0.15, -0.1) is 0 Å². The van der Waals surface area contributed by atoms with Crippen LogP contribution in [0.25, 0.3) is 0 Å². The van der Waals surface area contributed by atoms with Gasteiger partial charge >= 0.3 is 0 Å². The van der Waals surface area contributed by atoms with Crippen molar-refractivity contribution < 1.29 is 14.6 Å². The second-order valence-corrected chi connectivity index (χ2v) is 9.31. The summed E-state index contributed by atoms with van der Waals surface area (Å²) in [5.41, 5.74) is 1.93. The number of piperazine rings is 1. The summed E-state index contributed by atoms with van der Waals surface area (Å²) < 4.78 is 6.26. The van der Waals surface area contributed by atoms with E-state index in [1.165, 1.54) is 0 Å². The standard InChI is InChI=1S/C24H30BrN3O3/c1-16(24(30)26-19-8-9-19)27-10-12-28(13-11-27)22(17-6-4-3-5-7-17)20-14-18(25)15-21(31-2)23(20)29/h3-7,14-16,19,22,29H,8-13H2,1-2H3,(H,26,30)/t16-,22-/m1/s1. The Morgan fingerprint density at radius 3 is 2.39 bits per heavy atom. The number of hydrogen-bond acceptors (Lipinski definition) is 5. The quantitative estimate of drug-likeness (QED) is 0.625. The Bertz CT molecular complexity index is 912. The fourth-order valence-electron chi connectivity index (χ4n) is 4.28. The van der Waals surface area contributed by atoms with Gasteiger partial charge in [-0.25, -0.2) is 0 Å². The minimum absolute atomic E-state index is 0.106. The van der Waals surface area contributed by atoms with Crippen molar-refractivity contribution in [3.63, 3.8) is 0 Å². The number of benzene rings is 2. The molecule has 0 aromatic heterocycles. The van der Waals surface area contributed by atoms with Gasteiger partial charge in [0.1, 0.15) is 0 Å². The van der Waals surface area contributed by atoms with E-state index in [1.807, 2.05) is 31.2 Å². The molecule has 2 N–H and O–H groups in total.